The van der Waals surface area contributed by atoms with E-state index in [-0.39, 0.29) is 17.5 Å². The molecule has 0 heterocycles. The van der Waals surface area contributed by atoms with Gasteiger partial charge in [0.15, 0.2) is 0 Å². The van der Waals surface area contributed by atoms with Gasteiger partial charge in [0, 0.05) is 13.2 Å². The smallest absolute Gasteiger partial charge is 0.309 e. The summed E-state index contributed by atoms with van der Waals surface area (Å²) in [5.41, 5.74) is -0.176. The van der Waals surface area contributed by atoms with Crippen LogP contribution in [-0.4, -0.2) is 24.8 Å². The van der Waals surface area contributed by atoms with Crippen LogP contribution in [0, 0.1) is 29.6 Å². The maximum absolute atomic E-state index is 12.6. The summed E-state index contributed by atoms with van der Waals surface area (Å²) in [6.45, 7) is 7.70. The van der Waals surface area contributed by atoms with Crippen LogP contribution in [0.3, 0.4) is 0 Å². The Morgan fingerprint density at radius 1 is 1.09 bits per heavy atom. The predicted octanol–water partition coefficient (Wildman–Crippen LogP) is 4.59. The molecule has 0 spiro atoms. The van der Waals surface area contributed by atoms with Crippen LogP contribution in [0.1, 0.15) is 72.1 Å². The average molecular weight is 322 g/mol. The molecule has 0 saturated heterocycles. The van der Waals surface area contributed by atoms with Gasteiger partial charge in [0.2, 0.25) is 0 Å². The molecule has 23 heavy (non-hydrogen) atoms. The second-order valence-corrected chi connectivity index (χ2v) is 8.29. The van der Waals surface area contributed by atoms with Crippen molar-refractivity contribution in [3.05, 3.63) is 0 Å². The zero-order chi connectivity index (χ0) is 16.4. The Labute approximate surface area is 141 Å². The Morgan fingerprint density at radius 2 is 1.70 bits per heavy atom. The second-order valence-electron chi connectivity index (χ2n) is 8.29. The molecule has 0 aliphatic heterocycles. The van der Waals surface area contributed by atoms with Gasteiger partial charge in [-0.1, -0.05) is 13.8 Å². The molecule has 0 amide bonds. The predicted molar refractivity (Wildman–Crippen MR) is 91.1 cm³/mol. The summed E-state index contributed by atoms with van der Waals surface area (Å²) in [7, 11) is 0. The zero-order valence-electron chi connectivity index (χ0n) is 15.2. The van der Waals surface area contributed by atoms with Crippen LogP contribution in [0.5, 0.6) is 0 Å². The molecular weight excluding hydrogens is 288 g/mol. The fourth-order valence-electron chi connectivity index (χ4n) is 5.66. The van der Waals surface area contributed by atoms with Crippen molar-refractivity contribution in [3.63, 3.8) is 0 Å². The summed E-state index contributed by atoms with van der Waals surface area (Å²) in [6, 6.07) is 0. The molecule has 4 saturated carbocycles. The summed E-state index contributed by atoms with van der Waals surface area (Å²) >= 11 is 0. The van der Waals surface area contributed by atoms with Crippen molar-refractivity contribution in [2.75, 3.05) is 13.2 Å². The molecule has 3 nitrogen and oxygen atoms in total. The number of carbonyl (C=O) groups excluding carboxylic acids is 1. The van der Waals surface area contributed by atoms with Gasteiger partial charge in [-0.2, -0.15) is 0 Å². The Morgan fingerprint density at radius 3 is 2.22 bits per heavy atom. The van der Waals surface area contributed by atoms with Crippen LogP contribution in [0.2, 0.25) is 0 Å². The Kier molecular flexibility index (Phi) is 5.35. The van der Waals surface area contributed by atoms with Gasteiger partial charge in [-0.15, -0.1) is 0 Å². The normalized spacial score (nSPS) is 39.4. The topological polar surface area (TPSA) is 35.5 Å². The summed E-state index contributed by atoms with van der Waals surface area (Å²) in [6.07, 6.45) is 9.47. The molecule has 0 aromatic carbocycles. The third kappa shape index (κ3) is 3.31. The molecule has 4 fully saturated rings. The number of hydrogen-bond donors (Lipinski definition) is 0. The Balaban J connectivity index is 1.75. The van der Waals surface area contributed by atoms with Gasteiger partial charge < -0.3 is 9.47 Å². The highest BCUT2D eigenvalue weighted by Gasteiger charge is 2.59. The van der Waals surface area contributed by atoms with E-state index < -0.39 is 0 Å². The fraction of sp³-hybridized carbons (Fsp3) is 0.950. The van der Waals surface area contributed by atoms with Crippen LogP contribution in [-0.2, 0) is 14.3 Å². The summed E-state index contributed by atoms with van der Waals surface area (Å²) in [5.74, 6) is 3.08. The average Bonchev–Trinajstić information content (AvgIpc) is 2.54. The fourth-order valence-corrected chi connectivity index (χ4v) is 5.66. The van der Waals surface area contributed by atoms with Gasteiger partial charge in [0.05, 0.1) is 5.92 Å². The molecule has 132 valence electrons. The summed E-state index contributed by atoms with van der Waals surface area (Å²) in [5, 5.41) is 0. The third-order valence-electron chi connectivity index (χ3n) is 6.89. The SMILES string of the molecule is CCOCCCC1(OC(=O)C(C)CC)C2CC3CC(C2)CC1C3. The lowest BCUT2D eigenvalue weighted by Crippen LogP contribution is -2.60. The maximum Gasteiger partial charge on any atom is 0.309 e. The molecule has 4 bridgehead atoms. The quantitative estimate of drug-likeness (QED) is 0.484. The van der Waals surface area contributed by atoms with Gasteiger partial charge in [-0.25, -0.2) is 0 Å². The zero-order valence-corrected chi connectivity index (χ0v) is 15.2. The van der Waals surface area contributed by atoms with Crippen molar-refractivity contribution in [3.8, 4) is 0 Å². The van der Waals surface area contributed by atoms with E-state index in [1.807, 2.05) is 13.8 Å². The monoisotopic (exact) mass is 322 g/mol. The van der Waals surface area contributed by atoms with E-state index >= 15 is 0 Å². The van der Waals surface area contributed by atoms with Crippen LogP contribution in [0.15, 0.2) is 0 Å². The van der Waals surface area contributed by atoms with Crippen LogP contribution in [0.4, 0.5) is 0 Å². The number of rotatable bonds is 8. The Hall–Kier alpha value is -0.570. The lowest BCUT2D eigenvalue weighted by molar-refractivity contribution is -0.216. The molecule has 3 heteroatoms. The minimum absolute atomic E-state index is 0.0240. The van der Waals surface area contributed by atoms with Crippen molar-refractivity contribution in [1.29, 1.82) is 0 Å². The minimum atomic E-state index is -0.176. The molecule has 0 N–H and O–H groups in total. The molecule has 0 aromatic heterocycles. The van der Waals surface area contributed by atoms with E-state index in [0.717, 1.165) is 44.3 Å². The lowest BCUT2D eigenvalue weighted by atomic mass is 9.49. The van der Waals surface area contributed by atoms with Crippen molar-refractivity contribution >= 4 is 5.97 Å². The van der Waals surface area contributed by atoms with E-state index in [1.54, 1.807) is 0 Å². The molecule has 4 rings (SSSR count). The summed E-state index contributed by atoms with van der Waals surface area (Å²) < 4.78 is 11.9. The van der Waals surface area contributed by atoms with Crippen LogP contribution < -0.4 is 0 Å². The van der Waals surface area contributed by atoms with Crippen LogP contribution >= 0.6 is 0 Å². The molecule has 1 unspecified atom stereocenters. The third-order valence-corrected chi connectivity index (χ3v) is 6.89. The number of carbonyl (C=O) groups is 1. The molecule has 4 aliphatic carbocycles. The van der Waals surface area contributed by atoms with Gasteiger partial charge in [0.25, 0.3) is 0 Å². The molecule has 0 radical (unpaired) electrons. The molecule has 0 aromatic rings. The minimum Gasteiger partial charge on any atom is -0.458 e. The van der Waals surface area contributed by atoms with E-state index in [1.165, 1.54) is 32.1 Å². The standard InChI is InChI=1S/C20H34O3/c1-4-14(3)19(21)23-20(7-6-8-22-5-2)17-10-15-9-16(12-17)13-18(20)11-15/h14-18H,4-13H2,1-3H3. The first-order chi connectivity index (χ1) is 11.1. The second kappa shape index (κ2) is 7.13. The molecular formula is C20H34O3. The van der Waals surface area contributed by atoms with Gasteiger partial charge in [0.1, 0.15) is 5.60 Å². The first-order valence-electron chi connectivity index (χ1n) is 9.89. The first-order valence-corrected chi connectivity index (χ1v) is 9.89. The lowest BCUT2D eigenvalue weighted by Gasteiger charge is -2.60. The van der Waals surface area contributed by atoms with Gasteiger partial charge in [-0.05, 0) is 82.0 Å². The maximum atomic E-state index is 12.6. The van der Waals surface area contributed by atoms with Crippen molar-refractivity contribution in [2.45, 2.75) is 77.7 Å². The van der Waals surface area contributed by atoms with Gasteiger partial charge >= 0.3 is 5.97 Å². The van der Waals surface area contributed by atoms with Crippen molar-refractivity contribution in [2.24, 2.45) is 29.6 Å². The highest BCUT2D eigenvalue weighted by molar-refractivity contribution is 5.72. The molecule has 1 atom stereocenters. The van der Waals surface area contributed by atoms with E-state index in [2.05, 4.69) is 6.92 Å². The summed E-state index contributed by atoms with van der Waals surface area (Å²) in [4.78, 5) is 12.6. The van der Waals surface area contributed by atoms with Crippen LogP contribution in [0.25, 0.3) is 0 Å². The van der Waals surface area contributed by atoms with Crippen molar-refractivity contribution in [1.82, 2.24) is 0 Å². The largest absolute Gasteiger partial charge is 0.458 e. The van der Waals surface area contributed by atoms with E-state index in [0.29, 0.717) is 11.8 Å². The highest BCUT2D eigenvalue weighted by atomic mass is 16.6. The first kappa shape index (κ1) is 17.3. The van der Waals surface area contributed by atoms with Crippen molar-refractivity contribution < 1.29 is 14.3 Å². The number of esters is 1. The number of hydrogen-bond acceptors (Lipinski definition) is 3. The van der Waals surface area contributed by atoms with E-state index in [9.17, 15) is 4.79 Å². The van der Waals surface area contributed by atoms with E-state index in [4.69, 9.17) is 9.47 Å². The Bertz CT molecular complexity index is 389. The number of ether oxygens (including phenoxy) is 2. The molecule has 4 aliphatic rings. The highest BCUT2D eigenvalue weighted by Crippen LogP contribution is 2.61. The van der Waals surface area contributed by atoms with Gasteiger partial charge in [-0.3, -0.25) is 4.79 Å².